The van der Waals surface area contributed by atoms with Gasteiger partial charge in [-0.1, -0.05) is 72.8 Å². The van der Waals surface area contributed by atoms with Gasteiger partial charge in [-0.2, -0.15) is 0 Å². The summed E-state index contributed by atoms with van der Waals surface area (Å²) in [6.45, 7) is 1.12. The summed E-state index contributed by atoms with van der Waals surface area (Å²) in [5, 5.41) is 0. The summed E-state index contributed by atoms with van der Waals surface area (Å²) < 4.78 is 0. The first-order chi connectivity index (χ1) is 13.6. The Hall–Kier alpha value is -2.72. The van der Waals surface area contributed by atoms with Crippen LogP contribution in [0.4, 0.5) is 0 Å². The summed E-state index contributed by atoms with van der Waals surface area (Å²) in [5.41, 5.74) is 2.19. The van der Waals surface area contributed by atoms with Crippen LogP contribution in [-0.4, -0.2) is 48.8 Å². The van der Waals surface area contributed by atoms with Gasteiger partial charge in [0.05, 0.1) is 11.8 Å². The van der Waals surface area contributed by atoms with E-state index in [1.807, 2.05) is 55.4 Å². The number of amides is 2. The lowest BCUT2D eigenvalue weighted by Gasteiger charge is -2.32. The normalized spacial score (nSPS) is 26.8. The number of hydrogen-bond donors (Lipinski definition) is 0. The quantitative estimate of drug-likeness (QED) is 0.596. The molecule has 4 rings (SSSR count). The zero-order chi connectivity index (χ0) is 19.7. The van der Waals surface area contributed by atoms with Gasteiger partial charge >= 0.3 is 0 Å². The Kier molecular flexibility index (Phi) is 5.14. The van der Waals surface area contributed by atoms with E-state index in [9.17, 15) is 9.59 Å². The zero-order valence-corrected chi connectivity index (χ0v) is 16.4. The van der Waals surface area contributed by atoms with Gasteiger partial charge in [-0.05, 0) is 25.2 Å². The Morgan fingerprint density at radius 1 is 0.750 bits per heavy atom. The highest BCUT2D eigenvalue weighted by Crippen LogP contribution is 2.49. The van der Waals surface area contributed by atoms with Crippen LogP contribution in [0, 0.1) is 11.8 Å². The maximum absolute atomic E-state index is 13.4. The van der Waals surface area contributed by atoms with Gasteiger partial charge in [0.25, 0.3) is 0 Å². The van der Waals surface area contributed by atoms with Gasteiger partial charge in [-0.15, -0.1) is 0 Å². The first-order valence-corrected chi connectivity index (χ1v) is 9.86. The average Bonchev–Trinajstić information content (AvgIpc) is 2.98. The summed E-state index contributed by atoms with van der Waals surface area (Å²) in [6.07, 6.45) is 4.27. The summed E-state index contributed by atoms with van der Waals surface area (Å²) in [6, 6.07) is 20.1. The molecule has 1 aliphatic heterocycles. The third kappa shape index (κ3) is 3.29. The van der Waals surface area contributed by atoms with Crippen molar-refractivity contribution >= 4 is 11.8 Å². The Morgan fingerprint density at radius 2 is 1.18 bits per heavy atom. The molecule has 2 aromatic carbocycles. The summed E-state index contributed by atoms with van der Waals surface area (Å²) in [7, 11) is 3.92. The van der Waals surface area contributed by atoms with E-state index in [0.29, 0.717) is 13.1 Å². The van der Waals surface area contributed by atoms with Gasteiger partial charge in [0, 0.05) is 24.9 Å². The SMILES string of the molecule is CN(C)CCN1C(=O)[C@H]2[C@H](C1=O)[C@H](c1ccccc1)C=C[C@H]2c1ccccc1. The zero-order valence-electron chi connectivity index (χ0n) is 16.4. The van der Waals surface area contributed by atoms with Crippen LogP contribution in [0.5, 0.6) is 0 Å². The fraction of sp³-hybridized carbons (Fsp3) is 0.333. The Morgan fingerprint density at radius 3 is 1.57 bits per heavy atom. The molecule has 2 aliphatic rings. The minimum Gasteiger partial charge on any atom is -0.308 e. The lowest BCUT2D eigenvalue weighted by atomic mass is 9.68. The number of benzene rings is 2. The van der Waals surface area contributed by atoms with Gasteiger partial charge in [-0.3, -0.25) is 14.5 Å². The molecule has 4 nitrogen and oxygen atoms in total. The number of carbonyl (C=O) groups is 2. The number of carbonyl (C=O) groups excluding carboxylic acids is 2. The van der Waals surface area contributed by atoms with Crippen LogP contribution in [0.1, 0.15) is 23.0 Å². The third-order valence-electron chi connectivity index (χ3n) is 5.93. The maximum atomic E-state index is 13.4. The fourth-order valence-corrected chi connectivity index (χ4v) is 4.52. The molecule has 0 saturated carbocycles. The minimum absolute atomic E-state index is 0.0315. The summed E-state index contributed by atoms with van der Waals surface area (Å²) in [4.78, 5) is 30.3. The third-order valence-corrected chi connectivity index (χ3v) is 5.93. The van der Waals surface area contributed by atoms with E-state index in [1.54, 1.807) is 0 Å². The Balaban J connectivity index is 1.75. The second-order valence-corrected chi connectivity index (χ2v) is 7.94. The molecule has 144 valence electrons. The van der Waals surface area contributed by atoms with Gasteiger partial charge in [0.15, 0.2) is 0 Å². The predicted octanol–water partition coefficient (Wildman–Crippen LogP) is 3.29. The van der Waals surface area contributed by atoms with Crippen molar-refractivity contribution in [1.82, 2.24) is 9.80 Å². The van der Waals surface area contributed by atoms with Crippen LogP contribution >= 0.6 is 0 Å². The molecule has 2 aromatic rings. The number of rotatable bonds is 5. The van der Waals surface area contributed by atoms with Crippen LogP contribution in [0.15, 0.2) is 72.8 Å². The Bertz CT molecular complexity index is 808. The van der Waals surface area contributed by atoms with E-state index in [-0.39, 0.29) is 35.5 Å². The lowest BCUT2D eigenvalue weighted by molar-refractivity contribution is -0.140. The molecule has 0 spiro atoms. The molecular weight excluding hydrogens is 348 g/mol. The molecule has 4 atom stereocenters. The van der Waals surface area contributed by atoms with Gasteiger partial charge in [0.2, 0.25) is 11.8 Å². The summed E-state index contributed by atoms with van der Waals surface area (Å²) >= 11 is 0. The molecule has 1 saturated heterocycles. The second-order valence-electron chi connectivity index (χ2n) is 7.94. The number of allylic oxidation sites excluding steroid dienone is 2. The first-order valence-electron chi connectivity index (χ1n) is 9.86. The predicted molar refractivity (Wildman–Crippen MR) is 110 cm³/mol. The number of fused-ring (bicyclic) bond motifs is 1. The fourth-order valence-electron chi connectivity index (χ4n) is 4.52. The molecule has 2 amide bonds. The van der Waals surface area contributed by atoms with E-state index < -0.39 is 0 Å². The van der Waals surface area contributed by atoms with Crippen molar-refractivity contribution in [2.75, 3.05) is 27.2 Å². The summed E-state index contributed by atoms with van der Waals surface area (Å²) in [5.74, 6) is -0.870. The molecule has 1 aliphatic carbocycles. The monoisotopic (exact) mass is 374 g/mol. The van der Waals surface area contributed by atoms with Crippen LogP contribution < -0.4 is 0 Å². The van der Waals surface area contributed by atoms with Crippen molar-refractivity contribution in [3.63, 3.8) is 0 Å². The van der Waals surface area contributed by atoms with Gasteiger partial charge < -0.3 is 4.90 Å². The van der Waals surface area contributed by atoms with Crippen molar-refractivity contribution in [3.05, 3.63) is 83.9 Å². The molecule has 4 heteroatoms. The smallest absolute Gasteiger partial charge is 0.234 e. The van der Waals surface area contributed by atoms with Crippen LogP contribution in [0.3, 0.4) is 0 Å². The van der Waals surface area contributed by atoms with Crippen molar-refractivity contribution in [3.8, 4) is 0 Å². The van der Waals surface area contributed by atoms with E-state index >= 15 is 0 Å². The molecule has 28 heavy (non-hydrogen) atoms. The van der Waals surface area contributed by atoms with Crippen LogP contribution in [0.2, 0.25) is 0 Å². The van der Waals surface area contributed by atoms with Crippen molar-refractivity contribution in [2.45, 2.75) is 11.8 Å². The molecule has 0 unspecified atom stereocenters. The van der Waals surface area contributed by atoms with Crippen LogP contribution in [0.25, 0.3) is 0 Å². The second kappa shape index (κ2) is 7.72. The molecule has 0 bridgehead atoms. The standard InChI is InChI=1S/C24H26N2O2/c1-25(2)15-16-26-23(27)21-19(17-9-5-3-6-10-17)13-14-20(22(21)24(26)28)18-11-7-4-8-12-18/h3-14,19-22H,15-16H2,1-2H3/t19-,20-,21+,22+/m0/s1. The number of imide groups is 1. The number of nitrogens with zero attached hydrogens (tertiary/aromatic N) is 2. The lowest BCUT2D eigenvalue weighted by Crippen LogP contribution is -2.37. The van der Waals surface area contributed by atoms with E-state index in [4.69, 9.17) is 0 Å². The van der Waals surface area contributed by atoms with E-state index in [0.717, 1.165) is 11.1 Å². The van der Waals surface area contributed by atoms with Gasteiger partial charge in [-0.25, -0.2) is 0 Å². The highest BCUT2D eigenvalue weighted by molar-refractivity contribution is 6.06. The first kappa shape index (κ1) is 18.6. The minimum atomic E-state index is -0.340. The maximum Gasteiger partial charge on any atom is 0.234 e. The van der Waals surface area contributed by atoms with Gasteiger partial charge in [0.1, 0.15) is 0 Å². The highest BCUT2D eigenvalue weighted by Gasteiger charge is 2.54. The Labute approximate surface area is 166 Å². The average molecular weight is 374 g/mol. The molecule has 0 N–H and O–H groups in total. The van der Waals surface area contributed by atoms with Crippen molar-refractivity contribution in [2.24, 2.45) is 11.8 Å². The van der Waals surface area contributed by atoms with Crippen LogP contribution in [-0.2, 0) is 9.59 Å². The van der Waals surface area contributed by atoms with Crippen molar-refractivity contribution in [1.29, 1.82) is 0 Å². The molecule has 0 aromatic heterocycles. The molecule has 1 fully saturated rings. The largest absolute Gasteiger partial charge is 0.308 e. The molecular formula is C24H26N2O2. The number of likely N-dealkylation sites (tertiary alicyclic amines) is 1. The molecule has 1 heterocycles. The number of hydrogen-bond acceptors (Lipinski definition) is 3. The number of likely N-dealkylation sites (N-methyl/N-ethyl adjacent to an activating group) is 1. The highest BCUT2D eigenvalue weighted by atomic mass is 16.2. The van der Waals surface area contributed by atoms with E-state index in [2.05, 4.69) is 36.4 Å². The molecule has 0 radical (unpaired) electrons. The van der Waals surface area contributed by atoms with E-state index in [1.165, 1.54) is 4.90 Å². The van der Waals surface area contributed by atoms with Crippen molar-refractivity contribution < 1.29 is 9.59 Å². The topological polar surface area (TPSA) is 40.6 Å².